The highest BCUT2D eigenvalue weighted by Crippen LogP contribution is 2.62. The molecule has 0 aromatic carbocycles. The monoisotopic (exact) mass is 336 g/mol. The maximum atomic E-state index is 11.0. The van der Waals surface area contributed by atoms with Gasteiger partial charge >= 0.3 is 0 Å². The van der Waals surface area contributed by atoms with Crippen LogP contribution in [-0.2, 0) is 4.79 Å². The molecule has 0 aliphatic heterocycles. The maximum Gasteiger partial charge on any atom is 0.143 e. The molecule has 2 fully saturated rings. The minimum Gasteiger partial charge on any atom is -0.390 e. The first-order valence-electron chi connectivity index (χ1n) is 8.87. The minimum absolute atomic E-state index is 0.0982. The van der Waals surface area contributed by atoms with E-state index in [1.165, 1.54) is 6.08 Å². The van der Waals surface area contributed by atoms with Gasteiger partial charge in [-0.05, 0) is 55.1 Å². The van der Waals surface area contributed by atoms with Crippen LogP contribution >= 0.6 is 0 Å². The Bertz CT molecular complexity index is 546. The first kappa shape index (κ1) is 19.4. The van der Waals surface area contributed by atoms with Crippen molar-refractivity contribution >= 4 is 6.29 Å². The largest absolute Gasteiger partial charge is 0.390 e. The molecule has 24 heavy (non-hydrogen) atoms. The normalized spacial score (nSPS) is 45.9. The molecule has 136 valence electrons. The number of aliphatic hydroxyl groups excluding tert-OH is 2. The summed E-state index contributed by atoms with van der Waals surface area (Å²) >= 11 is 0. The van der Waals surface area contributed by atoms with Crippen molar-refractivity contribution in [2.45, 2.75) is 71.7 Å². The van der Waals surface area contributed by atoms with Crippen molar-refractivity contribution in [1.29, 1.82) is 0 Å². The van der Waals surface area contributed by atoms with Gasteiger partial charge in [0.2, 0.25) is 0 Å². The third kappa shape index (κ3) is 3.00. The van der Waals surface area contributed by atoms with Crippen molar-refractivity contribution in [3.05, 3.63) is 23.8 Å². The van der Waals surface area contributed by atoms with E-state index in [9.17, 15) is 20.1 Å². The summed E-state index contributed by atoms with van der Waals surface area (Å²) in [4.78, 5) is 10.6. The molecule has 0 heterocycles. The Balaban J connectivity index is 2.52. The Morgan fingerprint density at radius 2 is 1.75 bits per heavy atom. The van der Waals surface area contributed by atoms with E-state index in [0.29, 0.717) is 0 Å². The zero-order chi connectivity index (χ0) is 18.3. The van der Waals surface area contributed by atoms with Gasteiger partial charge in [0, 0.05) is 5.92 Å². The molecular weight excluding hydrogens is 304 g/mol. The van der Waals surface area contributed by atoms with E-state index < -0.39 is 17.8 Å². The second kappa shape index (κ2) is 6.40. The lowest BCUT2D eigenvalue weighted by Crippen LogP contribution is -2.69. The zero-order valence-corrected chi connectivity index (χ0v) is 15.5. The molecule has 0 radical (unpaired) electrons. The average Bonchev–Trinajstić information content (AvgIpc) is 2.44. The van der Waals surface area contributed by atoms with Crippen molar-refractivity contribution < 1.29 is 20.1 Å². The lowest BCUT2D eigenvalue weighted by molar-refractivity contribution is -0.255. The molecule has 0 bridgehead atoms. The van der Waals surface area contributed by atoms with E-state index in [4.69, 9.17) is 0 Å². The van der Waals surface area contributed by atoms with E-state index in [-0.39, 0.29) is 22.7 Å². The van der Waals surface area contributed by atoms with Crippen LogP contribution in [0.3, 0.4) is 0 Å². The van der Waals surface area contributed by atoms with E-state index in [1.54, 1.807) is 6.92 Å². The average molecular weight is 336 g/mol. The summed E-state index contributed by atoms with van der Waals surface area (Å²) in [6, 6.07) is 0. The van der Waals surface area contributed by atoms with E-state index in [1.807, 2.05) is 19.1 Å². The van der Waals surface area contributed by atoms with Crippen molar-refractivity contribution in [2.75, 3.05) is 0 Å². The van der Waals surface area contributed by atoms with Crippen LogP contribution in [0.5, 0.6) is 0 Å². The van der Waals surface area contributed by atoms with Crippen LogP contribution in [0.4, 0.5) is 0 Å². The second-order valence-electron chi connectivity index (χ2n) is 8.87. The van der Waals surface area contributed by atoms with E-state index in [0.717, 1.165) is 31.1 Å². The van der Waals surface area contributed by atoms with Gasteiger partial charge in [-0.15, -0.1) is 0 Å². The number of rotatable bonds is 3. The third-order valence-electron chi connectivity index (χ3n) is 6.58. The summed E-state index contributed by atoms with van der Waals surface area (Å²) in [7, 11) is 0. The van der Waals surface area contributed by atoms with Gasteiger partial charge in [-0.25, -0.2) is 0 Å². The van der Waals surface area contributed by atoms with Crippen LogP contribution in [0.2, 0.25) is 0 Å². The number of hydrogen-bond acceptors (Lipinski definition) is 4. The topological polar surface area (TPSA) is 77.8 Å². The summed E-state index contributed by atoms with van der Waals surface area (Å²) in [5, 5.41) is 32.5. The van der Waals surface area contributed by atoms with Crippen LogP contribution in [0.1, 0.15) is 53.9 Å². The third-order valence-corrected chi connectivity index (χ3v) is 6.58. The number of hydrogen-bond donors (Lipinski definition) is 3. The molecule has 2 aliphatic carbocycles. The quantitative estimate of drug-likeness (QED) is 0.421. The van der Waals surface area contributed by atoms with Gasteiger partial charge in [0.05, 0.1) is 11.7 Å². The first-order valence-corrected chi connectivity index (χ1v) is 8.87. The second-order valence-corrected chi connectivity index (χ2v) is 8.87. The number of fused-ring (bicyclic) bond motifs is 1. The highest BCUT2D eigenvalue weighted by atomic mass is 16.4. The van der Waals surface area contributed by atoms with Gasteiger partial charge in [0.15, 0.2) is 0 Å². The van der Waals surface area contributed by atoms with E-state index >= 15 is 0 Å². The van der Waals surface area contributed by atoms with Crippen molar-refractivity contribution in [1.82, 2.24) is 0 Å². The number of allylic oxidation sites excluding steroid dienone is 3. The number of carbonyl (C=O) groups is 1. The lowest BCUT2D eigenvalue weighted by Gasteiger charge is -2.63. The zero-order valence-electron chi connectivity index (χ0n) is 15.5. The predicted octanol–water partition coefficient (Wildman–Crippen LogP) is 2.62. The highest BCUT2D eigenvalue weighted by molar-refractivity contribution is 5.66. The molecular formula is C20H32O4. The number of aliphatic hydroxyl groups is 3. The molecule has 2 saturated carbocycles. The molecule has 0 aromatic heterocycles. The van der Waals surface area contributed by atoms with Gasteiger partial charge in [-0.3, -0.25) is 4.79 Å². The Morgan fingerprint density at radius 1 is 1.12 bits per heavy atom. The van der Waals surface area contributed by atoms with Gasteiger partial charge < -0.3 is 15.3 Å². The Hall–Kier alpha value is -0.970. The van der Waals surface area contributed by atoms with Crippen molar-refractivity contribution in [3.8, 4) is 0 Å². The molecule has 0 aromatic rings. The van der Waals surface area contributed by atoms with Gasteiger partial charge in [0.1, 0.15) is 12.4 Å². The first-order chi connectivity index (χ1) is 11.0. The smallest absolute Gasteiger partial charge is 0.143 e. The number of aldehydes is 1. The molecule has 0 amide bonds. The fourth-order valence-corrected chi connectivity index (χ4v) is 5.53. The number of carbonyl (C=O) groups excluding carboxylic acids is 1. The molecule has 0 saturated heterocycles. The van der Waals surface area contributed by atoms with Gasteiger partial charge in [-0.2, -0.15) is 0 Å². The molecule has 2 rings (SSSR count). The van der Waals surface area contributed by atoms with Gasteiger partial charge in [-0.1, -0.05) is 39.3 Å². The molecule has 3 N–H and O–H groups in total. The van der Waals surface area contributed by atoms with Crippen LogP contribution in [0.25, 0.3) is 0 Å². The summed E-state index contributed by atoms with van der Waals surface area (Å²) in [6.07, 6.45) is 6.75. The fourth-order valence-electron chi connectivity index (χ4n) is 5.53. The molecule has 0 spiro atoms. The highest BCUT2D eigenvalue weighted by Gasteiger charge is 2.64. The minimum atomic E-state index is -1.42. The van der Waals surface area contributed by atoms with Crippen molar-refractivity contribution in [3.63, 3.8) is 0 Å². The summed E-state index contributed by atoms with van der Waals surface area (Å²) in [5.74, 6) is -0.401. The molecule has 0 unspecified atom stereocenters. The Morgan fingerprint density at radius 3 is 2.33 bits per heavy atom. The predicted molar refractivity (Wildman–Crippen MR) is 94.3 cm³/mol. The Labute approximate surface area is 145 Å². The van der Waals surface area contributed by atoms with Crippen LogP contribution in [-0.4, -0.2) is 39.4 Å². The molecule has 4 nitrogen and oxygen atoms in total. The van der Waals surface area contributed by atoms with Gasteiger partial charge in [0.25, 0.3) is 0 Å². The maximum absolute atomic E-state index is 11.0. The van der Waals surface area contributed by atoms with E-state index in [2.05, 4.69) is 20.8 Å². The Kier molecular flexibility index (Phi) is 5.16. The molecule has 4 heteroatoms. The van der Waals surface area contributed by atoms with Crippen molar-refractivity contribution in [2.24, 2.45) is 22.7 Å². The summed E-state index contributed by atoms with van der Waals surface area (Å²) < 4.78 is 0. The van der Waals surface area contributed by atoms with Crippen LogP contribution in [0, 0.1) is 22.7 Å². The SMILES string of the molecule is CC(/C=C/[C@H]1[C@](C)(O)[C@@H](O)[C@H](O)[C@H]2C(C)(C)CCC[C@@]21C)=C\C=O. The standard InChI is InChI=1S/C20H32O4/c1-13(9-12-21)7-8-14-19(4)11-6-10-18(2,3)16(19)15(22)17(23)20(14,5)24/h7-9,12,14-17,22-24H,6,10-11H2,1-5H3/b8-7+,13-9+/t14-,15-,16+,17+,19-,20+/m1/s1. The summed E-state index contributed by atoms with van der Waals surface area (Å²) in [6.45, 7) is 9.85. The molecule has 2 aliphatic rings. The molecule has 6 atom stereocenters. The van der Waals surface area contributed by atoms with Crippen LogP contribution in [0.15, 0.2) is 23.8 Å². The lowest BCUT2D eigenvalue weighted by atomic mass is 9.44. The fraction of sp³-hybridized carbons (Fsp3) is 0.750. The summed E-state index contributed by atoms with van der Waals surface area (Å²) in [5.41, 5.74) is -1.04. The van der Waals surface area contributed by atoms with Crippen LogP contribution < -0.4 is 0 Å².